The first-order valence-electron chi connectivity index (χ1n) is 10.9. The minimum Gasteiger partial charge on any atom is -0.479 e. The number of nitrogens with zero attached hydrogens (tertiary/aromatic N) is 3. The molecule has 0 spiro atoms. The third-order valence-corrected chi connectivity index (χ3v) is 6.73. The molecular weight excluding hydrogens is 484 g/mol. The molecule has 4 aromatic rings. The number of benzene rings is 2. The van der Waals surface area contributed by atoms with Crippen LogP contribution in [0.5, 0.6) is 5.75 Å². The summed E-state index contributed by atoms with van der Waals surface area (Å²) < 4.78 is 5.81. The molecule has 1 unspecified atom stereocenters. The van der Waals surface area contributed by atoms with E-state index in [0.717, 1.165) is 27.5 Å². The van der Waals surface area contributed by atoms with Crippen molar-refractivity contribution in [3.63, 3.8) is 0 Å². The molecule has 176 valence electrons. The molecule has 0 bridgehead atoms. The Hall–Kier alpha value is -3.75. The zero-order valence-electron chi connectivity index (χ0n) is 19.0. The molecule has 2 aromatic carbocycles. The summed E-state index contributed by atoms with van der Waals surface area (Å²) in [5.41, 5.74) is 4.36. The number of carbonyl (C=O) groups is 2. The lowest BCUT2D eigenvalue weighted by molar-refractivity contribution is -0.127. The fraction of sp³-hybridized carbons (Fsp3) is 0.154. The molecule has 7 nitrogen and oxygen atoms in total. The van der Waals surface area contributed by atoms with Gasteiger partial charge in [-0.25, -0.2) is 4.98 Å². The van der Waals surface area contributed by atoms with Crippen molar-refractivity contribution in [1.29, 1.82) is 0 Å². The molecule has 1 atom stereocenters. The number of aryl methyl sites for hydroxylation is 1. The normalized spacial score (nSPS) is 14.9. The maximum Gasteiger partial charge on any atom is 0.268 e. The van der Waals surface area contributed by atoms with Gasteiger partial charge in [-0.2, -0.15) is 0 Å². The van der Waals surface area contributed by atoms with E-state index in [-0.39, 0.29) is 18.4 Å². The van der Waals surface area contributed by atoms with E-state index >= 15 is 0 Å². The fourth-order valence-electron chi connectivity index (χ4n) is 3.80. The van der Waals surface area contributed by atoms with Crippen LogP contribution >= 0.6 is 22.9 Å². The van der Waals surface area contributed by atoms with Crippen LogP contribution in [0, 0.1) is 6.92 Å². The number of amides is 2. The first kappa shape index (κ1) is 23.0. The average Bonchev–Trinajstić information content (AvgIpc) is 3.35. The third kappa shape index (κ3) is 4.76. The number of pyridine rings is 1. The second-order valence-electron chi connectivity index (χ2n) is 8.13. The number of thiazole rings is 1. The topological polar surface area (TPSA) is 84.4 Å². The molecule has 1 aliphatic rings. The monoisotopic (exact) mass is 504 g/mol. The number of hydrogen-bond donors (Lipinski definition) is 1. The van der Waals surface area contributed by atoms with Crippen molar-refractivity contribution < 1.29 is 14.3 Å². The molecule has 0 aliphatic carbocycles. The summed E-state index contributed by atoms with van der Waals surface area (Å²) in [7, 11) is 0. The van der Waals surface area contributed by atoms with Crippen molar-refractivity contribution in [3.8, 4) is 27.7 Å². The standard InChI is InChI=1S/C26H21ClN4O3S/c1-15-6-8-18(27)12-20(15)29-24(32)13-31-22-11-17(7-9-23(22)34-16(2)26(31)33)21-14-35-25(30-21)19-5-3-4-10-28-19/h3-12,14,16H,13H2,1-2H3,(H,29,32). The number of halogens is 1. The number of carbonyl (C=O) groups excluding carboxylic acids is 2. The van der Waals surface area contributed by atoms with Gasteiger partial charge in [-0.1, -0.05) is 23.7 Å². The van der Waals surface area contributed by atoms with Crippen LogP contribution in [0.1, 0.15) is 12.5 Å². The smallest absolute Gasteiger partial charge is 0.268 e. The summed E-state index contributed by atoms with van der Waals surface area (Å²) in [6.07, 6.45) is 1.02. The molecule has 1 N–H and O–H groups in total. The van der Waals surface area contributed by atoms with Gasteiger partial charge in [0.15, 0.2) is 6.10 Å². The van der Waals surface area contributed by atoms with Crippen LogP contribution in [0.4, 0.5) is 11.4 Å². The predicted octanol–water partition coefficient (Wildman–Crippen LogP) is 5.59. The summed E-state index contributed by atoms with van der Waals surface area (Å²) >= 11 is 7.57. The largest absolute Gasteiger partial charge is 0.479 e. The lowest BCUT2D eigenvalue weighted by Gasteiger charge is -2.33. The van der Waals surface area contributed by atoms with Crippen LogP contribution in [0.15, 0.2) is 66.2 Å². The summed E-state index contributed by atoms with van der Waals surface area (Å²) in [5.74, 6) is -0.0897. The molecule has 2 aromatic heterocycles. The average molecular weight is 505 g/mol. The quantitative estimate of drug-likeness (QED) is 0.383. The van der Waals surface area contributed by atoms with Crippen LogP contribution in [-0.2, 0) is 9.59 Å². The lowest BCUT2D eigenvalue weighted by atomic mass is 10.1. The molecule has 2 amide bonds. The van der Waals surface area contributed by atoms with Gasteiger partial charge in [0, 0.05) is 27.9 Å². The highest BCUT2D eigenvalue weighted by Gasteiger charge is 2.33. The number of aromatic nitrogens is 2. The first-order valence-corrected chi connectivity index (χ1v) is 12.2. The zero-order chi connectivity index (χ0) is 24.5. The van der Waals surface area contributed by atoms with E-state index in [2.05, 4.69) is 10.3 Å². The summed E-state index contributed by atoms with van der Waals surface area (Å²) in [6.45, 7) is 3.39. The number of hydrogen-bond acceptors (Lipinski definition) is 6. The van der Waals surface area contributed by atoms with Gasteiger partial charge in [0.2, 0.25) is 5.91 Å². The Morgan fingerprint density at radius 1 is 1.17 bits per heavy atom. The van der Waals surface area contributed by atoms with E-state index in [1.165, 1.54) is 16.2 Å². The summed E-state index contributed by atoms with van der Waals surface area (Å²) in [6, 6.07) is 16.5. The molecule has 9 heteroatoms. The van der Waals surface area contributed by atoms with Gasteiger partial charge < -0.3 is 10.1 Å². The maximum atomic E-state index is 13.0. The lowest BCUT2D eigenvalue weighted by Crippen LogP contribution is -2.47. The Labute approximate surface area is 211 Å². The number of ether oxygens (including phenoxy) is 1. The van der Waals surface area contributed by atoms with Crippen molar-refractivity contribution in [3.05, 3.63) is 76.8 Å². The van der Waals surface area contributed by atoms with Crippen molar-refractivity contribution in [1.82, 2.24) is 9.97 Å². The minimum absolute atomic E-state index is 0.162. The van der Waals surface area contributed by atoms with Gasteiger partial charge in [0.25, 0.3) is 5.91 Å². The summed E-state index contributed by atoms with van der Waals surface area (Å²) in [4.78, 5) is 36.5. The van der Waals surface area contributed by atoms with Crippen LogP contribution < -0.4 is 15.0 Å². The third-order valence-electron chi connectivity index (χ3n) is 5.63. The van der Waals surface area contributed by atoms with Crippen LogP contribution in [-0.4, -0.2) is 34.4 Å². The van der Waals surface area contributed by atoms with Gasteiger partial charge in [-0.3, -0.25) is 19.5 Å². The Kier molecular flexibility index (Phi) is 6.23. The van der Waals surface area contributed by atoms with Crippen molar-refractivity contribution in [2.45, 2.75) is 20.0 Å². The second-order valence-corrected chi connectivity index (χ2v) is 9.42. The molecule has 0 fully saturated rings. The Morgan fingerprint density at radius 2 is 2.03 bits per heavy atom. The molecule has 35 heavy (non-hydrogen) atoms. The molecule has 1 aliphatic heterocycles. The van der Waals surface area contributed by atoms with Gasteiger partial charge in [0.1, 0.15) is 17.3 Å². The van der Waals surface area contributed by atoms with Crippen LogP contribution in [0.2, 0.25) is 5.02 Å². The van der Waals surface area contributed by atoms with Crippen molar-refractivity contribution >= 4 is 46.1 Å². The minimum atomic E-state index is -0.705. The van der Waals surface area contributed by atoms with E-state index in [0.29, 0.717) is 22.1 Å². The van der Waals surface area contributed by atoms with E-state index in [4.69, 9.17) is 21.3 Å². The molecule has 3 heterocycles. The van der Waals surface area contributed by atoms with Gasteiger partial charge in [0.05, 0.1) is 17.1 Å². The number of rotatable bonds is 5. The van der Waals surface area contributed by atoms with Crippen molar-refractivity contribution in [2.75, 3.05) is 16.8 Å². The molecule has 0 saturated carbocycles. The molecule has 0 radical (unpaired) electrons. The van der Waals surface area contributed by atoms with Gasteiger partial charge in [-0.15, -0.1) is 11.3 Å². The molecule has 0 saturated heterocycles. The van der Waals surface area contributed by atoms with Crippen LogP contribution in [0.25, 0.3) is 22.0 Å². The second kappa shape index (κ2) is 9.48. The maximum absolute atomic E-state index is 13.0. The number of fused-ring (bicyclic) bond motifs is 1. The fourth-order valence-corrected chi connectivity index (χ4v) is 4.78. The highest BCUT2D eigenvalue weighted by atomic mass is 35.5. The number of nitrogens with one attached hydrogen (secondary N) is 1. The Bertz CT molecular complexity index is 1420. The van der Waals surface area contributed by atoms with Gasteiger partial charge in [-0.05, 0) is 61.9 Å². The Balaban J connectivity index is 1.43. The van der Waals surface area contributed by atoms with E-state index in [1.807, 2.05) is 48.7 Å². The Morgan fingerprint density at radius 3 is 2.83 bits per heavy atom. The molecule has 5 rings (SSSR count). The highest BCUT2D eigenvalue weighted by Crippen LogP contribution is 2.38. The van der Waals surface area contributed by atoms with E-state index in [1.54, 1.807) is 31.3 Å². The first-order chi connectivity index (χ1) is 16.9. The SMILES string of the molecule is Cc1ccc(Cl)cc1NC(=O)CN1C(=O)C(C)Oc2ccc(-c3csc(-c4ccccn4)n3)cc21. The summed E-state index contributed by atoms with van der Waals surface area (Å²) in [5, 5.41) is 6.12. The molecular formula is C26H21ClN4O3S. The van der Waals surface area contributed by atoms with E-state index < -0.39 is 6.10 Å². The zero-order valence-corrected chi connectivity index (χ0v) is 20.6. The van der Waals surface area contributed by atoms with Crippen LogP contribution in [0.3, 0.4) is 0 Å². The predicted molar refractivity (Wildman–Crippen MR) is 138 cm³/mol. The highest BCUT2D eigenvalue weighted by molar-refractivity contribution is 7.13. The van der Waals surface area contributed by atoms with Crippen molar-refractivity contribution in [2.24, 2.45) is 0 Å². The van der Waals surface area contributed by atoms with Gasteiger partial charge >= 0.3 is 0 Å². The van der Waals surface area contributed by atoms with E-state index in [9.17, 15) is 9.59 Å². The number of anilines is 2.